The molecule has 1 fully saturated rings. The lowest BCUT2D eigenvalue weighted by Gasteiger charge is -2.37. The molecule has 4 nitrogen and oxygen atoms in total. The molecule has 2 aliphatic rings. The summed E-state index contributed by atoms with van der Waals surface area (Å²) in [6.45, 7) is 4.23. The van der Waals surface area contributed by atoms with Crippen LogP contribution in [0.25, 0.3) is 0 Å². The van der Waals surface area contributed by atoms with E-state index in [2.05, 4.69) is 30.4 Å². The second kappa shape index (κ2) is 4.78. The molecule has 2 aliphatic heterocycles. The summed E-state index contributed by atoms with van der Waals surface area (Å²) in [6, 6.07) is 6.37. The zero-order valence-electron chi connectivity index (χ0n) is 10.2. The van der Waals surface area contributed by atoms with Gasteiger partial charge in [0.2, 0.25) is 0 Å². The molecule has 1 amide bonds. The second-order valence-corrected chi connectivity index (χ2v) is 4.89. The maximum Gasteiger partial charge on any atom is 0.407 e. The standard InChI is InChI=1S/C13H16N2O2.ClH/c1-8-3-2-4-9-10-5-14-6-12(10)15(13(16)17)7-11(8)9;/h2-4,10,12,14H,5-7H2,1H3,(H,16,17);1H. The fourth-order valence-electron chi connectivity index (χ4n) is 3.10. The van der Waals surface area contributed by atoms with Crippen molar-refractivity contribution >= 4 is 18.5 Å². The summed E-state index contributed by atoms with van der Waals surface area (Å²) < 4.78 is 0. The molecule has 0 aliphatic carbocycles. The van der Waals surface area contributed by atoms with E-state index in [-0.39, 0.29) is 18.4 Å². The van der Waals surface area contributed by atoms with Crippen molar-refractivity contribution in [2.45, 2.75) is 25.4 Å². The first kappa shape index (κ1) is 13.2. The van der Waals surface area contributed by atoms with E-state index in [0.717, 1.165) is 13.1 Å². The Bertz CT molecular complexity index is 478. The number of aryl methyl sites for hydroxylation is 1. The van der Waals surface area contributed by atoms with Crippen molar-refractivity contribution in [1.29, 1.82) is 0 Å². The number of carbonyl (C=O) groups is 1. The largest absolute Gasteiger partial charge is 0.465 e. The molecule has 0 saturated carbocycles. The highest BCUT2D eigenvalue weighted by Crippen LogP contribution is 2.36. The number of hydrogen-bond acceptors (Lipinski definition) is 2. The van der Waals surface area contributed by atoms with Crippen LogP contribution in [-0.2, 0) is 6.54 Å². The van der Waals surface area contributed by atoms with Crippen LogP contribution in [-0.4, -0.2) is 35.2 Å². The van der Waals surface area contributed by atoms with Crippen molar-refractivity contribution in [3.05, 3.63) is 34.9 Å². The van der Waals surface area contributed by atoms with Crippen molar-refractivity contribution in [2.75, 3.05) is 13.1 Å². The molecule has 2 unspecified atom stereocenters. The molecule has 3 rings (SSSR count). The van der Waals surface area contributed by atoms with Crippen LogP contribution in [0.15, 0.2) is 18.2 Å². The van der Waals surface area contributed by atoms with Gasteiger partial charge in [0.25, 0.3) is 0 Å². The average Bonchev–Trinajstić information content (AvgIpc) is 2.77. The van der Waals surface area contributed by atoms with Crippen molar-refractivity contribution in [2.24, 2.45) is 0 Å². The Balaban J connectivity index is 0.00000120. The van der Waals surface area contributed by atoms with E-state index in [0.29, 0.717) is 12.5 Å². The summed E-state index contributed by atoms with van der Waals surface area (Å²) >= 11 is 0. The molecule has 2 N–H and O–H groups in total. The van der Waals surface area contributed by atoms with E-state index < -0.39 is 6.09 Å². The van der Waals surface area contributed by atoms with Gasteiger partial charge in [0, 0.05) is 25.6 Å². The molecule has 0 radical (unpaired) electrons. The van der Waals surface area contributed by atoms with Crippen LogP contribution < -0.4 is 5.32 Å². The number of fused-ring (bicyclic) bond motifs is 3. The predicted octanol–water partition coefficient (Wildman–Crippen LogP) is 1.97. The monoisotopic (exact) mass is 268 g/mol. The van der Waals surface area contributed by atoms with Gasteiger partial charge < -0.3 is 10.4 Å². The number of benzene rings is 1. The number of rotatable bonds is 0. The lowest BCUT2D eigenvalue weighted by Crippen LogP contribution is -2.46. The number of amides is 1. The molecular weight excluding hydrogens is 252 g/mol. The Morgan fingerprint density at radius 1 is 1.44 bits per heavy atom. The molecule has 0 bridgehead atoms. The van der Waals surface area contributed by atoms with Crippen molar-refractivity contribution in [1.82, 2.24) is 10.2 Å². The Morgan fingerprint density at radius 3 is 2.94 bits per heavy atom. The molecule has 5 heteroatoms. The van der Waals surface area contributed by atoms with Gasteiger partial charge in [-0.15, -0.1) is 12.4 Å². The summed E-state index contributed by atoms with van der Waals surface area (Å²) in [4.78, 5) is 12.9. The van der Waals surface area contributed by atoms with E-state index in [9.17, 15) is 9.90 Å². The molecule has 1 aromatic carbocycles. The van der Waals surface area contributed by atoms with Gasteiger partial charge in [-0.1, -0.05) is 18.2 Å². The van der Waals surface area contributed by atoms with Crippen LogP contribution in [0.5, 0.6) is 0 Å². The van der Waals surface area contributed by atoms with Crippen LogP contribution in [0.1, 0.15) is 22.6 Å². The van der Waals surface area contributed by atoms with E-state index in [1.165, 1.54) is 16.7 Å². The van der Waals surface area contributed by atoms with Gasteiger partial charge >= 0.3 is 6.09 Å². The molecule has 2 heterocycles. The Morgan fingerprint density at radius 2 is 2.22 bits per heavy atom. The second-order valence-electron chi connectivity index (χ2n) is 4.89. The summed E-state index contributed by atoms with van der Waals surface area (Å²) in [7, 11) is 0. The van der Waals surface area contributed by atoms with Crippen LogP contribution in [0, 0.1) is 6.92 Å². The highest BCUT2D eigenvalue weighted by atomic mass is 35.5. The third kappa shape index (κ3) is 1.85. The zero-order chi connectivity index (χ0) is 12.0. The van der Waals surface area contributed by atoms with Crippen molar-refractivity contribution in [3.8, 4) is 0 Å². The highest BCUT2D eigenvalue weighted by molar-refractivity contribution is 5.85. The summed E-state index contributed by atoms with van der Waals surface area (Å²) in [5.74, 6) is 0.315. The normalized spacial score (nSPS) is 25.1. The maximum atomic E-state index is 11.3. The minimum absolute atomic E-state index is 0. The number of nitrogens with one attached hydrogen (secondary N) is 1. The number of halogens is 1. The molecular formula is C13H17ClN2O2. The maximum absolute atomic E-state index is 11.3. The summed E-state index contributed by atoms with van der Waals surface area (Å²) in [5.41, 5.74) is 3.72. The quantitative estimate of drug-likeness (QED) is 0.756. The minimum atomic E-state index is -0.808. The van der Waals surface area contributed by atoms with Crippen LogP contribution in [0.3, 0.4) is 0 Å². The van der Waals surface area contributed by atoms with E-state index in [1.807, 2.05) is 0 Å². The van der Waals surface area contributed by atoms with Crippen molar-refractivity contribution in [3.63, 3.8) is 0 Å². The van der Waals surface area contributed by atoms with Gasteiger partial charge in [-0.3, -0.25) is 4.90 Å². The van der Waals surface area contributed by atoms with Crippen LogP contribution in [0.2, 0.25) is 0 Å². The smallest absolute Gasteiger partial charge is 0.407 e. The Kier molecular flexibility index (Phi) is 3.50. The van der Waals surface area contributed by atoms with Gasteiger partial charge in [0.1, 0.15) is 0 Å². The predicted molar refractivity (Wildman–Crippen MR) is 71.4 cm³/mol. The van der Waals surface area contributed by atoms with Gasteiger partial charge in [-0.25, -0.2) is 4.79 Å². The molecule has 0 aromatic heterocycles. The van der Waals surface area contributed by atoms with Gasteiger partial charge in [-0.05, 0) is 23.6 Å². The lowest BCUT2D eigenvalue weighted by atomic mass is 9.84. The molecule has 2 atom stereocenters. The first-order chi connectivity index (χ1) is 8.18. The van der Waals surface area contributed by atoms with Crippen LogP contribution >= 0.6 is 12.4 Å². The third-order valence-corrected chi connectivity index (χ3v) is 4.00. The molecule has 1 aromatic rings. The molecule has 18 heavy (non-hydrogen) atoms. The number of hydrogen-bond donors (Lipinski definition) is 2. The first-order valence-corrected chi connectivity index (χ1v) is 5.97. The van der Waals surface area contributed by atoms with E-state index in [4.69, 9.17) is 0 Å². The van der Waals surface area contributed by atoms with E-state index in [1.54, 1.807) is 4.90 Å². The molecule has 1 saturated heterocycles. The molecule has 98 valence electrons. The van der Waals surface area contributed by atoms with Gasteiger partial charge in [0.05, 0.1) is 6.04 Å². The SMILES string of the molecule is Cc1cccc2c1CN(C(=O)O)C1CNCC21.Cl. The van der Waals surface area contributed by atoms with E-state index >= 15 is 0 Å². The van der Waals surface area contributed by atoms with Crippen LogP contribution in [0.4, 0.5) is 4.79 Å². The van der Waals surface area contributed by atoms with Crippen molar-refractivity contribution < 1.29 is 9.90 Å². The Labute approximate surface area is 112 Å². The third-order valence-electron chi connectivity index (χ3n) is 4.00. The Hall–Kier alpha value is -1.26. The van der Waals surface area contributed by atoms with Gasteiger partial charge in [0.15, 0.2) is 0 Å². The topological polar surface area (TPSA) is 52.6 Å². The minimum Gasteiger partial charge on any atom is -0.465 e. The highest BCUT2D eigenvalue weighted by Gasteiger charge is 2.40. The number of nitrogens with zero attached hydrogens (tertiary/aromatic N) is 1. The number of carboxylic acid groups (broad SMARTS) is 1. The fraction of sp³-hybridized carbons (Fsp3) is 0.462. The first-order valence-electron chi connectivity index (χ1n) is 5.97. The van der Waals surface area contributed by atoms with Gasteiger partial charge in [-0.2, -0.15) is 0 Å². The fourth-order valence-corrected chi connectivity index (χ4v) is 3.10. The zero-order valence-corrected chi connectivity index (χ0v) is 11.0. The average molecular weight is 269 g/mol. The lowest BCUT2D eigenvalue weighted by molar-refractivity contribution is 0.114. The molecule has 0 spiro atoms. The summed E-state index contributed by atoms with van der Waals surface area (Å²) in [5, 5.41) is 12.6. The summed E-state index contributed by atoms with van der Waals surface area (Å²) in [6.07, 6.45) is -0.808.